The van der Waals surface area contributed by atoms with Gasteiger partial charge in [0.15, 0.2) is 0 Å². The molecule has 0 aromatic heterocycles. The van der Waals surface area contributed by atoms with E-state index in [1.165, 1.54) is 12.5 Å². The van der Waals surface area contributed by atoms with Gasteiger partial charge in [-0.2, -0.15) is 0 Å². The van der Waals surface area contributed by atoms with E-state index in [4.69, 9.17) is 0 Å². The quantitative estimate of drug-likeness (QED) is 0.632. The third-order valence-corrected chi connectivity index (χ3v) is 3.00. The van der Waals surface area contributed by atoms with Crippen molar-refractivity contribution < 1.29 is 8.78 Å². The van der Waals surface area contributed by atoms with Crippen LogP contribution in [0.4, 0.5) is 8.78 Å². The predicted molar refractivity (Wildman–Crippen MR) is 68.6 cm³/mol. The lowest BCUT2D eigenvalue weighted by Gasteiger charge is -2.15. The monoisotopic (exact) mass is 239 g/mol. The summed E-state index contributed by atoms with van der Waals surface area (Å²) in [4.78, 5) is 3.90. The van der Waals surface area contributed by atoms with Gasteiger partial charge in [0.05, 0.1) is 11.4 Å². The molecule has 0 bridgehead atoms. The number of alkyl halides is 2. The molecule has 1 aliphatic carbocycles. The molecule has 0 aromatic rings. The van der Waals surface area contributed by atoms with Gasteiger partial charge in [-0.15, -0.1) is 0 Å². The molecule has 0 heterocycles. The van der Waals surface area contributed by atoms with Crippen molar-refractivity contribution in [1.29, 1.82) is 0 Å². The van der Waals surface area contributed by atoms with E-state index in [1.54, 1.807) is 0 Å². The Bertz CT molecular complexity index is 395. The highest BCUT2D eigenvalue weighted by atomic mass is 19.3. The van der Waals surface area contributed by atoms with Gasteiger partial charge in [-0.3, -0.25) is 4.99 Å². The molecule has 0 saturated heterocycles. The van der Waals surface area contributed by atoms with Crippen molar-refractivity contribution in [3.63, 3.8) is 0 Å². The van der Waals surface area contributed by atoms with E-state index in [9.17, 15) is 8.78 Å². The summed E-state index contributed by atoms with van der Waals surface area (Å²) in [6.07, 6.45) is 6.82. The Kier molecular flexibility index (Phi) is 4.38. The fraction of sp³-hybridized carbons (Fsp3) is 0.500. The van der Waals surface area contributed by atoms with Crippen LogP contribution < -0.4 is 0 Å². The smallest absolute Gasteiger partial charge is 0.252 e. The summed E-state index contributed by atoms with van der Waals surface area (Å²) in [5.74, 6) is -2.87. The molecule has 0 atom stereocenters. The lowest BCUT2D eigenvalue weighted by molar-refractivity contribution is 0.0997. The Morgan fingerprint density at radius 2 is 2.06 bits per heavy atom. The topological polar surface area (TPSA) is 12.4 Å². The third-order valence-electron chi connectivity index (χ3n) is 3.00. The summed E-state index contributed by atoms with van der Waals surface area (Å²) in [5, 5.41) is 0. The van der Waals surface area contributed by atoms with Crippen LogP contribution in [0.25, 0.3) is 0 Å². The first-order chi connectivity index (χ1) is 7.84. The standard InChI is InChI=1S/C14H19F2N/c1-5-12-6-8-13(9-7-12)10(2)17-11(3)14(4,15)16/h6,8H,2,5,7,9H2,1,3-4H3. The number of hydrogen-bond donors (Lipinski definition) is 0. The molecule has 0 unspecified atom stereocenters. The summed E-state index contributed by atoms with van der Waals surface area (Å²) >= 11 is 0. The van der Waals surface area contributed by atoms with E-state index in [2.05, 4.69) is 18.5 Å². The molecule has 0 amide bonds. The Balaban J connectivity index is 2.80. The minimum Gasteiger partial charge on any atom is -0.252 e. The number of nitrogens with zero attached hydrogens (tertiary/aromatic N) is 1. The van der Waals surface area contributed by atoms with Gasteiger partial charge in [-0.25, -0.2) is 8.78 Å². The number of aliphatic imine (C=N–C) groups is 1. The second kappa shape index (κ2) is 5.39. The zero-order valence-corrected chi connectivity index (χ0v) is 10.7. The molecule has 0 aromatic carbocycles. The van der Waals surface area contributed by atoms with Gasteiger partial charge in [0.25, 0.3) is 5.92 Å². The predicted octanol–water partition coefficient (Wildman–Crippen LogP) is 4.67. The maximum atomic E-state index is 13.0. The average molecular weight is 239 g/mol. The normalized spacial score (nSPS) is 17.6. The minimum atomic E-state index is -2.87. The summed E-state index contributed by atoms with van der Waals surface area (Å²) in [7, 11) is 0. The fourth-order valence-corrected chi connectivity index (χ4v) is 1.59. The van der Waals surface area contributed by atoms with E-state index >= 15 is 0 Å². The third kappa shape index (κ3) is 3.91. The largest absolute Gasteiger partial charge is 0.282 e. The van der Waals surface area contributed by atoms with Crippen LogP contribution in [0, 0.1) is 0 Å². The van der Waals surface area contributed by atoms with Gasteiger partial charge in [0, 0.05) is 6.92 Å². The zero-order chi connectivity index (χ0) is 13.1. The molecule has 0 radical (unpaired) electrons. The lowest BCUT2D eigenvalue weighted by atomic mass is 9.95. The van der Waals surface area contributed by atoms with Crippen LogP contribution in [0.2, 0.25) is 0 Å². The van der Waals surface area contributed by atoms with E-state index in [-0.39, 0.29) is 5.71 Å². The molecule has 0 N–H and O–H groups in total. The van der Waals surface area contributed by atoms with Gasteiger partial charge >= 0.3 is 0 Å². The molecule has 1 nitrogen and oxygen atoms in total. The van der Waals surface area contributed by atoms with Gasteiger partial charge in [-0.05, 0) is 31.8 Å². The van der Waals surface area contributed by atoms with Crippen LogP contribution in [0.1, 0.15) is 40.0 Å². The maximum absolute atomic E-state index is 13.0. The van der Waals surface area contributed by atoms with Crippen molar-refractivity contribution in [2.24, 2.45) is 4.99 Å². The Labute approximate surface area is 102 Å². The van der Waals surface area contributed by atoms with Crippen LogP contribution >= 0.6 is 0 Å². The molecule has 1 rings (SSSR count). The molecular formula is C14H19F2N. The molecule has 1 aliphatic rings. The van der Waals surface area contributed by atoms with Crippen LogP contribution in [0.5, 0.6) is 0 Å². The lowest BCUT2D eigenvalue weighted by Crippen LogP contribution is -2.21. The van der Waals surface area contributed by atoms with E-state index in [1.807, 2.05) is 12.2 Å². The summed E-state index contributed by atoms with van der Waals surface area (Å²) in [6.45, 7) is 8.06. The Morgan fingerprint density at radius 1 is 1.41 bits per heavy atom. The molecule has 94 valence electrons. The molecule has 3 heteroatoms. The van der Waals surface area contributed by atoms with Crippen molar-refractivity contribution in [3.8, 4) is 0 Å². The van der Waals surface area contributed by atoms with Gasteiger partial charge in [0.2, 0.25) is 0 Å². The summed E-state index contributed by atoms with van der Waals surface area (Å²) in [6, 6.07) is 0. The second-order valence-corrected chi connectivity index (χ2v) is 4.40. The first-order valence-electron chi connectivity index (χ1n) is 5.86. The SMILES string of the molecule is C=C(N=C(C)C(C)(F)F)C1=CC=C(CC)CC1. The molecule has 0 aliphatic heterocycles. The van der Waals surface area contributed by atoms with Crippen molar-refractivity contribution >= 4 is 5.71 Å². The molecule has 0 fully saturated rings. The van der Waals surface area contributed by atoms with Crippen LogP contribution in [-0.4, -0.2) is 11.6 Å². The molecule has 17 heavy (non-hydrogen) atoms. The highest BCUT2D eigenvalue weighted by molar-refractivity contribution is 5.89. The molecular weight excluding hydrogens is 220 g/mol. The zero-order valence-electron chi connectivity index (χ0n) is 10.7. The van der Waals surface area contributed by atoms with Crippen LogP contribution in [0.3, 0.4) is 0 Å². The van der Waals surface area contributed by atoms with Crippen molar-refractivity contribution in [3.05, 3.63) is 35.6 Å². The highest BCUT2D eigenvalue weighted by Crippen LogP contribution is 2.26. The van der Waals surface area contributed by atoms with Crippen molar-refractivity contribution in [2.45, 2.75) is 46.0 Å². The number of halogens is 2. The number of rotatable bonds is 4. The Morgan fingerprint density at radius 3 is 2.47 bits per heavy atom. The number of hydrogen-bond acceptors (Lipinski definition) is 1. The first kappa shape index (κ1) is 13.8. The average Bonchev–Trinajstić information content (AvgIpc) is 2.27. The summed E-state index contributed by atoms with van der Waals surface area (Å²) in [5.41, 5.74) is 2.60. The van der Waals surface area contributed by atoms with Crippen molar-refractivity contribution in [2.75, 3.05) is 0 Å². The minimum absolute atomic E-state index is 0.186. The molecule has 0 spiro atoms. The van der Waals surface area contributed by atoms with Gasteiger partial charge in [-0.1, -0.05) is 31.2 Å². The van der Waals surface area contributed by atoms with E-state index in [0.29, 0.717) is 5.70 Å². The van der Waals surface area contributed by atoms with Crippen molar-refractivity contribution in [1.82, 2.24) is 0 Å². The van der Waals surface area contributed by atoms with E-state index < -0.39 is 5.92 Å². The highest BCUT2D eigenvalue weighted by Gasteiger charge is 2.25. The Hall–Kier alpha value is -1.25. The van der Waals surface area contributed by atoms with Gasteiger partial charge < -0.3 is 0 Å². The summed E-state index contributed by atoms with van der Waals surface area (Å²) < 4.78 is 25.9. The van der Waals surface area contributed by atoms with Crippen LogP contribution in [0.15, 0.2) is 40.6 Å². The second-order valence-electron chi connectivity index (χ2n) is 4.40. The number of allylic oxidation sites excluding steroid dienone is 4. The maximum Gasteiger partial charge on any atom is 0.282 e. The van der Waals surface area contributed by atoms with E-state index in [0.717, 1.165) is 31.8 Å². The van der Waals surface area contributed by atoms with Gasteiger partial charge in [0.1, 0.15) is 0 Å². The molecule has 0 saturated carbocycles. The first-order valence-corrected chi connectivity index (χ1v) is 5.86. The fourth-order valence-electron chi connectivity index (χ4n) is 1.59. The van der Waals surface area contributed by atoms with Crippen LogP contribution in [-0.2, 0) is 0 Å².